The zero-order valence-corrected chi connectivity index (χ0v) is 14.8. The van der Waals surface area contributed by atoms with E-state index in [0.717, 1.165) is 23.3 Å². The molecule has 0 radical (unpaired) electrons. The Morgan fingerprint density at radius 1 is 1.21 bits per heavy atom. The monoisotopic (exact) mass is 346 g/mol. The second-order valence-corrected chi connectivity index (χ2v) is 6.63. The first-order valence-electron chi connectivity index (χ1n) is 8.09. The molecule has 5 heteroatoms. The molecular formula is C19H23FN2OS. The van der Waals surface area contributed by atoms with Crippen molar-refractivity contribution >= 4 is 17.9 Å². The molecule has 0 heterocycles. The van der Waals surface area contributed by atoms with Crippen molar-refractivity contribution in [3.63, 3.8) is 0 Å². The van der Waals surface area contributed by atoms with E-state index < -0.39 is 0 Å². The Morgan fingerprint density at radius 3 is 2.62 bits per heavy atom. The van der Waals surface area contributed by atoms with Crippen molar-refractivity contribution in [1.29, 1.82) is 0 Å². The van der Waals surface area contributed by atoms with E-state index in [1.165, 1.54) is 29.6 Å². The number of rotatable bonds is 8. The predicted molar refractivity (Wildman–Crippen MR) is 97.1 cm³/mol. The molecule has 2 aromatic rings. The second-order valence-electron chi connectivity index (χ2n) is 5.72. The highest BCUT2D eigenvalue weighted by atomic mass is 32.2. The lowest BCUT2D eigenvalue weighted by Crippen LogP contribution is -2.41. The van der Waals surface area contributed by atoms with Crippen molar-refractivity contribution in [2.75, 3.05) is 0 Å². The molecule has 2 aromatic carbocycles. The molecule has 0 bridgehead atoms. The Balaban J connectivity index is 1.88. The summed E-state index contributed by atoms with van der Waals surface area (Å²) in [7, 11) is 0. The number of hydrogen-bond donors (Lipinski definition) is 2. The summed E-state index contributed by atoms with van der Waals surface area (Å²) in [4.78, 5) is 13.3. The van der Waals surface area contributed by atoms with Gasteiger partial charge in [0, 0.05) is 11.4 Å². The molecule has 2 rings (SSSR count). The van der Waals surface area contributed by atoms with Gasteiger partial charge in [-0.3, -0.25) is 4.79 Å². The maximum Gasteiger partial charge on any atom is 0.238 e. The van der Waals surface area contributed by atoms with E-state index in [4.69, 9.17) is 0 Å². The SMILES string of the molecule is CCCC(NSc1ccc(F)cc1)C(=O)NCc1cccc(C)c1. The first-order valence-corrected chi connectivity index (χ1v) is 8.91. The zero-order valence-electron chi connectivity index (χ0n) is 14.0. The van der Waals surface area contributed by atoms with Crippen LogP contribution in [-0.4, -0.2) is 11.9 Å². The molecule has 0 saturated carbocycles. The van der Waals surface area contributed by atoms with E-state index >= 15 is 0 Å². The lowest BCUT2D eigenvalue weighted by molar-refractivity contribution is -0.123. The van der Waals surface area contributed by atoms with Crippen LogP contribution in [0.4, 0.5) is 4.39 Å². The fourth-order valence-corrected chi connectivity index (χ4v) is 3.08. The molecule has 1 atom stereocenters. The van der Waals surface area contributed by atoms with Crippen molar-refractivity contribution in [3.8, 4) is 0 Å². The maximum atomic E-state index is 12.9. The molecule has 128 valence electrons. The van der Waals surface area contributed by atoms with Gasteiger partial charge < -0.3 is 5.32 Å². The van der Waals surface area contributed by atoms with Gasteiger partial charge >= 0.3 is 0 Å². The largest absolute Gasteiger partial charge is 0.351 e. The third kappa shape index (κ3) is 5.98. The summed E-state index contributed by atoms with van der Waals surface area (Å²) in [6, 6.07) is 14.0. The summed E-state index contributed by atoms with van der Waals surface area (Å²) >= 11 is 1.35. The van der Waals surface area contributed by atoms with Gasteiger partial charge in [-0.25, -0.2) is 9.11 Å². The molecule has 0 aliphatic heterocycles. The van der Waals surface area contributed by atoms with E-state index in [1.807, 2.05) is 32.0 Å². The normalized spacial score (nSPS) is 12.0. The van der Waals surface area contributed by atoms with E-state index in [9.17, 15) is 9.18 Å². The first-order chi connectivity index (χ1) is 11.6. The number of hydrogen-bond acceptors (Lipinski definition) is 3. The summed E-state index contributed by atoms with van der Waals surface area (Å²) in [6.07, 6.45) is 1.65. The molecule has 3 nitrogen and oxygen atoms in total. The molecule has 24 heavy (non-hydrogen) atoms. The van der Waals surface area contributed by atoms with Gasteiger partial charge in [0.2, 0.25) is 5.91 Å². The lowest BCUT2D eigenvalue weighted by atomic mass is 10.1. The van der Waals surface area contributed by atoms with Crippen LogP contribution >= 0.6 is 11.9 Å². The Hall–Kier alpha value is -1.85. The van der Waals surface area contributed by atoms with Crippen molar-refractivity contribution in [3.05, 3.63) is 65.5 Å². The van der Waals surface area contributed by atoms with Crippen LogP contribution in [0.5, 0.6) is 0 Å². The highest BCUT2D eigenvalue weighted by Crippen LogP contribution is 2.16. The summed E-state index contributed by atoms with van der Waals surface area (Å²) < 4.78 is 16.1. The minimum Gasteiger partial charge on any atom is -0.351 e. The van der Waals surface area contributed by atoms with Crippen LogP contribution < -0.4 is 10.0 Å². The molecule has 0 aliphatic rings. The number of amides is 1. The van der Waals surface area contributed by atoms with Crippen LogP contribution in [0.15, 0.2) is 53.4 Å². The smallest absolute Gasteiger partial charge is 0.238 e. The average molecular weight is 346 g/mol. The number of benzene rings is 2. The van der Waals surface area contributed by atoms with Gasteiger partial charge in [0.05, 0.1) is 6.04 Å². The quantitative estimate of drug-likeness (QED) is 0.703. The fourth-order valence-electron chi connectivity index (χ4n) is 2.31. The van der Waals surface area contributed by atoms with E-state index in [1.54, 1.807) is 12.1 Å². The van der Waals surface area contributed by atoms with Gasteiger partial charge in [-0.15, -0.1) is 0 Å². The standard InChI is InChI=1S/C19H23FN2OS/c1-3-5-18(22-24-17-10-8-16(20)9-11-17)19(23)21-13-15-7-4-6-14(2)12-15/h4,6-12,18,22H,3,5,13H2,1-2H3,(H,21,23). The highest BCUT2D eigenvalue weighted by Gasteiger charge is 2.17. The average Bonchev–Trinajstić information content (AvgIpc) is 2.58. The topological polar surface area (TPSA) is 41.1 Å². The van der Waals surface area contributed by atoms with Gasteiger partial charge in [0.15, 0.2) is 0 Å². The molecule has 0 fully saturated rings. The summed E-state index contributed by atoms with van der Waals surface area (Å²) in [5.41, 5.74) is 2.27. The van der Waals surface area contributed by atoms with Gasteiger partial charge in [-0.1, -0.05) is 43.2 Å². The molecule has 0 saturated heterocycles. The molecule has 1 unspecified atom stereocenters. The van der Waals surface area contributed by atoms with Crippen LogP contribution in [0.1, 0.15) is 30.9 Å². The van der Waals surface area contributed by atoms with Crippen LogP contribution in [0, 0.1) is 12.7 Å². The molecule has 0 spiro atoms. The van der Waals surface area contributed by atoms with E-state index in [-0.39, 0.29) is 17.8 Å². The number of aryl methyl sites for hydroxylation is 1. The summed E-state index contributed by atoms with van der Waals surface area (Å²) in [5.74, 6) is -0.284. The number of nitrogens with one attached hydrogen (secondary N) is 2. The van der Waals surface area contributed by atoms with Gasteiger partial charge in [0.25, 0.3) is 0 Å². The minimum absolute atomic E-state index is 0.0204. The Labute approximate surface area is 147 Å². The van der Waals surface area contributed by atoms with Crippen LogP contribution in [0.3, 0.4) is 0 Å². The zero-order chi connectivity index (χ0) is 17.4. The number of carbonyl (C=O) groups is 1. The molecule has 0 aliphatic carbocycles. The molecule has 1 amide bonds. The van der Waals surface area contributed by atoms with Crippen molar-refractivity contribution in [2.24, 2.45) is 0 Å². The van der Waals surface area contributed by atoms with Crippen molar-refractivity contribution in [2.45, 2.75) is 44.2 Å². The second kappa shape index (κ2) is 9.45. The van der Waals surface area contributed by atoms with Gasteiger partial charge in [0.1, 0.15) is 5.82 Å². The third-order valence-electron chi connectivity index (χ3n) is 3.58. The Morgan fingerprint density at radius 2 is 1.96 bits per heavy atom. The third-order valence-corrected chi connectivity index (χ3v) is 4.49. The summed E-state index contributed by atoms with van der Waals surface area (Å²) in [6.45, 7) is 4.60. The van der Waals surface area contributed by atoms with Gasteiger partial charge in [-0.05, 0) is 55.1 Å². The molecular weight excluding hydrogens is 323 g/mol. The predicted octanol–water partition coefficient (Wildman–Crippen LogP) is 4.22. The number of carbonyl (C=O) groups excluding carboxylic acids is 1. The van der Waals surface area contributed by atoms with E-state index in [0.29, 0.717) is 6.54 Å². The van der Waals surface area contributed by atoms with Gasteiger partial charge in [-0.2, -0.15) is 0 Å². The fraction of sp³-hybridized carbons (Fsp3) is 0.316. The number of halogens is 1. The van der Waals surface area contributed by atoms with Crippen LogP contribution in [-0.2, 0) is 11.3 Å². The Bertz CT molecular complexity index is 661. The van der Waals surface area contributed by atoms with Crippen LogP contribution in [0.25, 0.3) is 0 Å². The molecule has 0 aromatic heterocycles. The minimum atomic E-state index is -0.283. The lowest BCUT2D eigenvalue weighted by Gasteiger charge is -2.17. The maximum absolute atomic E-state index is 12.9. The highest BCUT2D eigenvalue weighted by molar-refractivity contribution is 7.97. The van der Waals surface area contributed by atoms with Crippen LogP contribution in [0.2, 0.25) is 0 Å². The summed E-state index contributed by atoms with van der Waals surface area (Å²) in [5, 5.41) is 2.98. The van der Waals surface area contributed by atoms with Crippen molar-refractivity contribution < 1.29 is 9.18 Å². The Kier molecular flexibility index (Phi) is 7.28. The first kappa shape index (κ1) is 18.5. The molecule has 2 N–H and O–H groups in total. The van der Waals surface area contributed by atoms with Crippen molar-refractivity contribution in [1.82, 2.24) is 10.0 Å². The van der Waals surface area contributed by atoms with E-state index in [2.05, 4.69) is 16.1 Å².